The van der Waals surface area contributed by atoms with Crippen molar-refractivity contribution in [2.24, 2.45) is 17.6 Å². The van der Waals surface area contributed by atoms with Gasteiger partial charge in [0, 0.05) is 37.5 Å². The van der Waals surface area contributed by atoms with Crippen LogP contribution >= 0.6 is 0 Å². The van der Waals surface area contributed by atoms with Crippen molar-refractivity contribution >= 4 is 23.8 Å². The third-order valence-corrected chi connectivity index (χ3v) is 14.0. The van der Waals surface area contributed by atoms with Gasteiger partial charge < -0.3 is 30.9 Å². The number of ether oxygens (including phenoxy) is 1. The van der Waals surface area contributed by atoms with E-state index in [0.717, 1.165) is 40.2 Å². The van der Waals surface area contributed by atoms with E-state index in [0.29, 0.717) is 30.6 Å². The van der Waals surface area contributed by atoms with Crippen molar-refractivity contribution in [2.75, 3.05) is 19.6 Å². The lowest BCUT2D eigenvalue weighted by Gasteiger charge is -2.59. The number of likely N-dealkylation sites (tertiary alicyclic amines) is 1. The average molecular weight is 847 g/mol. The van der Waals surface area contributed by atoms with Gasteiger partial charge in [-0.3, -0.25) is 19.3 Å². The molecule has 2 saturated carbocycles. The number of esters is 1. The zero-order valence-electron chi connectivity index (χ0n) is 34.9. The standard InChI is InChI=1S/C45H56N4O5.C2HF3O2/c1-28-20-34(50)21-29(2)36(28)25-39(46)44(53)49-27-33-11-4-3-10-31(33)22-41(49)43(52)47-18-15-42(51)54-35-14-13-32-23-40-37-12-5-6-16-45(37,38(32)24-35)17-19-48(40)26-30-8-7-9-30;3-2(4,5)1(6)7/h3-4,10-11,13-14,20-21,24,30,37,39-41,50H,5-9,12,15-19,22-23,25-27,46H2,1-2H3,(H,47,52);(H,6,7)/t37-,39-,40+,41-,45+;/m0./s1. The van der Waals surface area contributed by atoms with Crippen LogP contribution < -0.4 is 15.8 Å². The Kier molecular flexibility index (Phi) is 13.1. The number of aromatic hydroxyl groups is 1. The highest BCUT2D eigenvalue weighted by Crippen LogP contribution is 2.56. The molecule has 0 spiro atoms. The van der Waals surface area contributed by atoms with Crippen LogP contribution in [0.1, 0.15) is 96.7 Å². The fraction of sp³-hybridized carbons (Fsp3) is 0.532. The van der Waals surface area contributed by atoms with Crippen LogP contribution in [0.2, 0.25) is 0 Å². The molecule has 328 valence electrons. The monoisotopic (exact) mass is 846 g/mol. The number of amides is 2. The normalized spacial score (nSPS) is 23.8. The summed E-state index contributed by atoms with van der Waals surface area (Å²) >= 11 is 0. The number of phenols is 1. The molecule has 61 heavy (non-hydrogen) atoms. The summed E-state index contributed by atoms with van der Waals surface area (Å²) in [4.78, 5) is 54.2. The minimum atomic E-state index is -5.08. The Labute approximate surface area is 354 Å². The molecular formula is C47H57F3N4O7. The smallest absolute Gasteiger partial charge is 0.490 e. The van der Waals surface area contributed by atoms with Crippen molar-refractivity contribution in [3.05, 3.63) is 93.5 Å². The van der Waals surface area contributed by atoms with Crippen LogP contribution in [0.25, 0.3) is 0 Å². The number of aliphatic carboxylic acids is 1. The zero-order chi connectivity index (χ0) is 43.6. The number of fused-ring (bicyclic) bond motifs is 2. The van der Waals surface area contributed by atoms with Gasteiger partial charge in [-0.25, -0.2) is 4.79 Å². The molecule has 11 nitrogen and oxygen atoms in total. The van der Waals surface area contributed by atoms with Gasteiger partial charge >= 0.3 is 18.1 Å². The lowest BCUT2D eigenvalue weighted by molar-refractivity contribution is -0.192. The summed E-state index contributed by atoms with van der Waals surface area (Å²) in [6.45, 7) is 6.59. The first-order valence-corrected chi connectivity index (χ1v) is 21.6. The molecule has 3 aromatic rings. The van der Waals surface area contributed by atoms with Crippen LogP contribution in [0.4, 0.5) is 13.2 Å². The molecule has 2 aliphatic heterocycles. The van der Waals surface area contributed by atoms with E-state index >= 15 is 0 Å². The Bertz CT molecular complexity index is 2120. The molecule has 5 N–H and O–H groups in total. The van der Waals surface area contributed by atoms with Crippen LogP contribution in [0.3, 0.4) is 0 Å². The van der Waals surface area contributed by atoms with E-state index in [9.17, 15) is 32.7 Å². The Balaban J connectivity index is 0.000000739. The molecule has 3 aromatic carbocycles. The van der Waals surface area contributed by atoms with Gasteiger partial charge in [0.1, 0.15) is 17.5 Å². The quantitative estimate of drug-likeness (QED) is 0.133. The number of carbonyl (C=O) groups excluding carboxylic acids is 3. The van der Waals surface area contributed by atoms with E-state index in [1.54, 1.807) is 17.0 Å². The Morgan fingerprint density at radius 2 is 1.64 bits per heavy atom. The molecule has 1 saturated heterocycles. The Morgan fingerprint density at radius 3 is 2.31 bits per heavy atom. The van der Waals surface area contributed by atoms with E-state index in [2.05, 4.69) is 22.3 Å². The summed E-state index contributed by atoms with van der Waals surface area (Å²) in [5, 5.41) is 20.1. The van der Waals surface area contributed by atoms with Gasteiger partial charge in [-0.2, -0.15) is 13.2 Å². The second-order valence-electron chi connectivity index (χ2n) is 17.8. The lowest BCUT2D eigenvalue weighted by atomic mass is 9.52. The number of aryl methyl sites for hydroxylation is 2. The summed E-state index contributed by atoms with van der Waals surface area (Å²) in [5.74, 6) is -1.45. The first-order valence-electron chi connectivity index (χ1n) is 21.6. The summed E-state index contributed by atoms with van der Waals surface area (Å²) < 4.78 is 37.7. The number of hydrogen-bond donors (Lipinski definition) is 4. The van der Waals surface area contributed by atoms with Gasteiger partial charge in [0.15, 0.2) is 0 Å². The highest BCUT2D eigenvalue weighted by molar-refractivity contribution is 5.91. The average Bonchev–Trinajstić information content (AvgIpc) is 3.20. The first-order chi connectivity index (χ1) is 29.0. The third-order valence-electron chi connectivity index (χ3n) is 14.0. The number of phenolic OH excluding ortho intramolecular Hbond substituents is 1. The maximum absolute atomic E-state index is 13.9. The number of nitrogens with zero attached hydrogens (tertiary/aromatic N) is 2. The molecule has 3 aliphatic carbocycles. The van der Waals surface area contributed by atoms with Gasteiger partial charge in [-0.1, -0.05) is 49.6 Å². The number of piperidine rings is 1. The molecule has 0 unspecified atom stereocenters. The molecule has 8 rings (SSSR count). The summed E-state index contributed by atoms with van der Waals surface area (Å²) in [7, 11) is 0. The van der Waals surface area contributed by atoms with Crippen LogP contribution in [0.15, 0.2) is 54.6 Å². The number of rotatable bonds is 10. The van der Waals surface area contributed by atoms with Crippen molar-refractivity contribution in [1.82, 2.24) is 15.1 Å². The number of nitrogens with one attached hydrogen (secondary N) is 1. The summed E-state index contributed by atoms with van der Waals surface area (Å²) in [6.07, 6.45) is 7.09. The van der Waals surface area contributed by atoms with Gasteiger partial charge in [-0.05, 0) is 140 Å². The number of carboxylic acid groups (broad SMARTS) is 1. The maximum Gasteiger partial charge on any atom is 0.490 e. The van der Waals surface area contributed by atoms with E-state index in [1.165, 1.54) is 75.6 Å². The van der Waals surface area contributed by atoms with E-state index in [-0.39, 0.29) is 48.5 Å². The summed E-state index contributed by atoms with van der Waals surface area (Å²) in [5.41, 5.74) is 14.2. The SMILES string of the molecule is Cc1cc(O)cc(C)c1C[C@H](N)C(=O)N1Cc2ccccc2C[C@H]1C(=O)NCCC(=O)Oc1ccc2c(c1)[C@@]13CCCC[C@H]1[C@@H](C2)N(CC1CCC1)CC3.O=C(O)C(F)(F)F. The topological polar surface area (TPSA) is 162 Å². The fourth-order valence-corrected chi connectivity index (χ4v) is 10.8. The van der Waals surface area contributed by atoms with Crippen LogP contribution in [-0.4, -0.2) is 87.7 Å². The van der Waals surface area contributed by atoms with E-state index < -0.39 is 24.2 Å². The molecular weight excluding hydrogens is 790 g/mol. The number of carboxylic acids is 1. The minimum Gasteiger partial charge on any atom is -0.508 e. The zero-order valence-corrected chi connectivity index (χ0v) is 34.9. The predicted molar refractivity (Wildman–Crippen MR) is 222 cm³/mol. The molecule has 5 atom stereocenters. The van der Waals surface area contributed by atoms with Gasteiger partial charge in [0.05, 0.1) is 12.5 Å². The number of carbonyl (C=O) groups is 4. The van der Waals surface area contributed by atoms with E-state index in [1.807, 2.05) is 44.2 Å². The Morgan fingerprint density at radius 1 is 0.934 bits per heavy atom. The van der Waals surface area contributed by atoms with E-state index in [4.69, 9.17) is 20.4 Å². The molecule has 2 amide bonds. The molecule has 0 radical (unpaired) electrons. The van der Waals surface area contributed by atoms with Gasteiger partial charge in [0.2, 0.25) is 11.8 Å². The Hall–Kier alpha value is -4.95. The second kappa shape index (κ2) is 18.2. The predicted octanol–water partition coefficient (Wildman–Crippen LogP) is 6.44. The van der Waals surface area contributed by atoms with Crippen molar-refractivity contribution in [1.29, 1.82) is 0 Å². The number of nitrogens with two attached hydrogens (primary N) is 1. The van der Waals surface area contributed by atoms with Crippen LogP contribution in [0.5, 0.6) is 11.5 Å². The molecule has 5 aliphatic rings. The number of benzene rings is 3. The third kappa shape index (κ3) is 9.60. The second-order valence-corrected chi connectivity index (χ2v) is 17.8. The molecule has 3 fully saturated rings. The maximum atomic E-state index is 13.9. The van der Waals surface area contributed by atoms with Crippen LogP contribution in [-0.2, 0) is 50.4 Å². The molecule has 2 bridgehead atoms. The number of alkyl halides is 3. The molecule has 2 heterocycles. The molecule has 0 aromatic heterocycles. The lowest BCUT2D eigenvalue weighted by Crippen LogP contribution is -2.61. The highest BCUT2D eigenvalue weighted by Gasteiger charge is 2.54. The molecule has 14 heteroatoms. The van der Waals surface area contributed by atoms with Crippen molar-refractivity contribution in [2.45, 2.75) is 127 Å². The van der Waals surface area contributed by atoms with Gasteiger partial charge in [0.25, 0.3) is 0 Å². The minimum absolute atomic E-state index is 0.0188. The first kappa shape index (κ1) is 44.1. The fourth-order valence-electron chi connectivity index (χ4n) is 10.8. The number of hydrogen-bond acceptors (Lipinski definition) is 8. The van der Waals surface area contributed by atoms with Gasteiger partial charge in [-0.15, -0.1) is 0 Å². The van der Waals surface area contributed by atoms with Crippen molar-refractivity contribution in [3.8, 4) is 11.5 Å². The highest BCUT2D eigenvalue weighted by atomic mass is 19.4. The number of halogens is 3. The largest absolute Gasteiger partial charge is 0.508 e. The summed E-state index contributed by atoms with van der Waals surface area (Å²) in [6, 6.07) is 16.5. The van der Waals surface area contributed by atoms with Crippen molar-refractivity contribution in [3.63, 3.8) is 0 Å². The van der Waals surface area contributed by atoms with Crippen LogP contribution in [0, 0.1) is 25.7 Å². The van der Waals surface area contributed by atoms with Crippen molar-refractivity contribution < 1.29 is 47.3 Å².